The first kappa shape index (κ1) is 15.5. The van der Waals surface area contributed by atoms with Gasteiger partial charge in [0.05, 0.1) is 17.6 Å². The Kier molecular flexibility index (Phi) is 4.98. The molecular weight excluding hydrogens is 285 g/mol. The Bertz CT molecular complexity index is 500. The van der Waals surface area contributed by atoms with Crippen molar-refractivity contribution in [1.82, 2.24) is 4.98 Å². The molecule has 1 heterocycles. The number of sulfonamides is 1. The largest absolute Gasteiger partial charge is 0.468 e. The van der Waals surface area contributed by atoms with E-state index in [-0.39, 0.29) is 17.3 Å². The molecule has 0 aliphatic heterocycles. The minimum absolute atomic E-state index is 0.0423. The van der Waals surface area contributed by atoms with E-state index < -0.39 is 22.8 Å². The fourth-order valence-corrected chi connectivity index (χ4v) is 2.30. The van der Waals surface area contributed by atoms with Gasteiger partial charge in [-0.3, -0.25) is 4.72 Å². The van der Waals surface area contributed by atoms with Crippen molar-refractivity contribution in [2.75, 3.05) is 17.1 Å². The molecule has 0 saturated carbocycles. The second kappa shape index (κ2) is 6.09. The minimum Gasteiger partial charge on any atom is -0.468 e. The zero-order valence-corrected chi connectivity index (χ0v) is 10.9. The predicted octanol–water partition coefficient (Wildman–Crippen LogP) is 2.17. The molecule has 1 N–H and O–H groups in total. The molecule has 0 bridgehead atoms. The van der Waals surface area contributed by atoms with Gasteiger partial charge in [-0.15, -0.1) is 0 Å². The van der Waals surface area contributed by atoms with Crippen molar-refractivity contribution in [1.29, 1.82) is 0 Å². The number of hydrogen-bond acceptors (Lipinski definition) is 4. The first-order valence-corrected chi connectivity index (χ1v) is 7.03. The molecule has 5 nitrogen and oxygen atoms in total. The summed E-state index contributed by atoms with van der Waals surface area (Å²) in [5.41, 5.74) is 0.174. The van der Waals surface area contributed by atoms with Crippen molar-refractivity contribution in [3.63, 3.8) is 0 Å². The van der Waals surface area contributed by atoms with E-state index in [1.165, 1.54) is 6.07 Å². The minimum atomic E-state index is -4.44. The molecule has 1 aromatic heterocycles. The smallest absolute Gasteiger partial charge is 0.422 e. The molecule has 0 saturated heterocycles. The van der Waals surface area contributed by atoms with Gasteiger partial charge in [-0.25, -0.2) is 13.4 Å². The molecule has 1 rings (SSSR count). The molecule has 9 heteroatoms. The van der Waals surface area contributed by atoms with Crippen LogP contribution in [-0.2, 0) is 10.0 Å². The Morgan fingerprint density at radius 3 is 2.53 bits per heavy atom. The number of nitrogens with zero attached hydrogens (tertiary/aromatic N) is 1. The lowest BCUT2D eigenvalue weighted by Gasteiger charge is -2.09. The number of aromatic nitrogens is 1. The summed E-state index contributed by atoms with van der Waals surface area (Å²) in [5.74, 6) is -0.268. The van der Waals surface area contributed by atoms with E-state index in [0.29, 0.717) is 6.42 Å². The lowest BCUT2D eigenvalue weighted by atomic mass is 10.4. The quantitative estimate of drug-likeness (QED) is 0.874. The maximum Gasteiger partial charge on any atom is 0.422 e. The normalized spacial score (nSPS) is 12.2. The Morgan fingerprint density at radius 1 is 1.37 bits per heavy atom. The van der Waals surface area contributed by atoms with Crippen LogP contribution in [0.25, 0.3) is 0 Å². The van der Waals surface area contributed by atoms with E-state index in [2.05, 4.69) is 14.4 Å². The van der Waals surface area contributed by atoms with Crippen LogP contribution in [0, 0.1) is 0 Å². The van der Waals surface area contributed by atoms with Gasteiger partial charge in [-0.05, 0) is 12.5 Å². The second-order valence-corrected chi connectivity index (χ2v) is 5.55. The number of pyridine rings is 1. The van der Waals surface area contributed by atoms with E-state index in [4.69, 9.17) is 0 Å². The van der Waals surface area contributed by atoms with Gasteiger partial charge in [-0.2, -0.15) is 13.2 Å². The van der Waals surface area contributed by atoms with Crippen molar-refractivity contribution in [3.05, 3.63) is 18.3 Å². The van der Waals surface area contributed by atoms with Gasteiger partial charge in [0, 0.05) is 6.07 Å². The highest BCUT2D eigenvalue weighted by Crippen LogP contribution is 2.18. The summed E-state index contributed by atoms with van der Waals surface area (Å²) in [7, 11) is -3.44. The maximum absolute atomic E-state index is 11.9. The van der Waals surface area contributed by atoms with E-state index in [1.54, 1.807) is 6.92 Å². The Hall–Kier alpha value is -1.51. The van der Waals surface area contributed by atoms with Crippen molar-refractivity contribution in [2.24, 2.45) is 0 Å². The highest BCUT2D eigenvalue weighted by molar-refractivity contribution is 7.92. The highest BCUT2D eigenvalue weighted by Gasteiger charge is 2.28. The van der Waals surface area contributed by atoms with Gasteiger partial charge < -0.3 is 4.74 Å². The third-order valence-corrected chi connectivity index (χ3v) is 3.36. The van der Waals surface area contributed by atoms with E-state index in [9.17, 15) is 21.6 Å². The Morgan fingerprint density at radius 2 is 2.05 bits per heavy atom. The third kappa shape index (κ3) is 6.27. The van der Waals surface area contributed by atoms with E-state index in [1.807, 2.05) is 0 Å². The average molecular weight is 298 g/mol. The fourth-order valence-electron chi connectivity index (χ4n) is 1.18. The van der Waals surface area contributed by atoms with E-state index in [0.717, 1.165) is 12.3 Å². The molecule has 0 unspecified atom stereocenters. The summed E-state index contributed by atoms with van der Waals surface area (Å²) in [5, 5.41) is 0. The first-order valence-electron chi connectivity index (χ1n) is 5.38. The monoisotopic (exact) mass is 298 g/mol. The molecule has 0 aromatic carbocycles. The maximum atomic E-state index is 11.9. The summed E-state index contributed by atoms with van der Waals surface area (Å²) in [6.45, 7) is 0.270. The van der Waals surface area contributed by atoms with Gasteiger partial charge >= 0.3 is 6.18 Å². The molecule has 0 aliphatic carbocycles. The first-order chi connectivity index (χ1) is 8.72. The predicted molar refractivity (Wildman–Crippen MR) is 63.5 cm³/mol. The van der Waals surface area contributed by atoms with Gasteiger partial charge in [0.15, 0.2) is 6.61 Å². The van der Waals surface area contributed by atoms with Crippen LogP contribution in [0.4, 0.5) is 18.9 Å². The number of anilines is 1. The highest BCUT2D eigenvalue weighted by atomic mass is 32.2. The van der Waals surface area contributed by atoms with Crippen molar-refractivity contribution in [3.8, 4) is 5.88 Å². The number of alkyl halides is 3. The van der Waals surface area contributed by atoms with Crippen LogP contribution in [0.5, 0.6) is 5.88 Å². The molecule has 0 amide bonds. The fraction of sp³-hybridized carbons (Fsp3) is 0.500. The van der Waals surface area contributed by atoms with Gasteiger partial charge in [-0.1, -0.05) is 6.92 Å². The number of nitrogens with one attached hydrogen (secondary N) is 1. The van der Waals surface area contributed by atoms with Crippen molar-refractivity contribution < 1.29 is 26.3 Å². The molecule has 0 atom stereocenters. The van der Waals surface area contributed by atoms with Crippen LogP contribution in [0.2, 0.25) is 0 Å². The van der Waals surface area contributed by atoms with Gasteiger partial charge in [0.1, 0.15) is 0 Å². The zero-order chi connectivity index (χ0) is 14.5. The lowest BCUT2D eigenvalue weighted by molar-refractivity contribution is -0.154. The SMILES string of the molecule is CCCS(=O)(=O)Nc1ccc(OCC(F)(F)F)nc1. The van der Waals surface area contributed by atoms with Gasteiger partial charge in [0.25, 0.3) is 0 Å². The van der Waals surface area contributed by atoms with Crippen LogP contribution < -0.4 is 9.46 Å². The van der Waals surface area contributed by atoms with Gasteiger partial charge in [0.2, 0.25) is 15.9 Å². The second-order valence-electron chi connectivity index (χ2n) is 3.71. The number of halogens is 3. The molecule has 108 valence electrons. The Balaban J connectivity index is 2.62. The molecular formula is C10H13F3N2O3S. The summed E-state index contributed by atoms with van der Waals surface area (Å²) in [4.78, 5) is 3.58. The molecule has 0 radical (unpaired) electrons. The molecule has 0 fully saturated rings. The van der Waals surface area contributed by atoms with Crippen LogP contribution >= 0.6 is 0 Å². The zero-order valence-electron chi connectivity index (χ0n) is 10.1. The third-order valence-electron chi connectivity index (χ3n) is 1.87. The van der Waals surface area contributed by atoms with E-state index >= 15 is 0 Å². The summed E-state index contributed by atoms with van der Waals surface area (Å²) in [6.07, 6.45) is -2.89. The van der Waals surface area contributed by atoms with Crippen LogP contribution in [0.1, 0.15) is 13.3 Å². The number of ether oxygens (including phenoxy) is 1. The average Bonchev–Trinajstić information content (AvgIpc) is 2.26. The van der Waals surface area contributed by atoms with Crippen molar-refractivity contribution in [2.45, 2.75) is 19.5 Å². The van der Waals surface area contributed by atoms with Crippen LogP contribution in [-0.4, -0.2) is 31.9 Å². The summed E-state index contributed by atoms with van der Waals surface area (Å²) in [6, 6.07) is 2.45. The number of rotatable bonds is 6. The number of hydrogen-bond donors (Lipinski definition) is 1. The van der Waals surface area contributed by atoms with Crippen LogP contribution in [0.3, 0.4) is 0 Å². The molecule has 0 spiro atoms. The van der Waals surface area contributed by atoms with Crippen molar-refractivity contribution >= 4 is 15.7 Å². The standard InChI is InChI=1S/C10H13F3N2O3S/c1-2-5-19(16,17)15-8-3-4-9(14-6-8)18-7-10(11,12)13/h3-4,6,15H,2,5,7H2,1H3. The lowest BCUT2D eigenvalue weighted by Crippen LogP contribution is -2.19. The molecule has 1 aromatic rings. The molecule has 19 heavy (non-hydrogen) atoms. The summed E-state index contributed by atoms with van der Waals surface area (Å²) < 4.78 is 65.1. The Labute approximate surface area is 108 Å². The van der Waals surface area contributed by atoms with Crippen LogP contribution in [0.15, 0.2) is 18.3 Å². The summed E-state index contributed by atoms with van der Waals surface area (Å²) >= 11 is 0. The topological polar surface area (TPSA) is 68.3 Å². The molecule has 0 aliphatic rings.